The number of fused-ring (bicyclic) bond motifs is 3. The van der Waals surface area contributed by atoms with Crippen LogP contribution in [0.4, 0.5) is 5.69 Å². The second-order valence-corrected chi connectivity index (χ2v) is 13.4. The molecule has 0 saturated heterocycles. The summed E-state index contributed by atoms with van der Waals surface area (Å²) in [5.74, 6) is -0.0378. The number of carbonyl (C=O) groups excluding carboxylic acids is 1. The second-order valence-electron chi connectivity index (χ2n) is 9.90. The summed E-state index contributed by atoms with van der Waals surface area (Å²) in [6.07, 6.45) is 1.54. The van der Waals surface area contributed by atoms with E-state index in [1.54, 1.807) is 39.0 Å². The van der Waals surface area contributed by atoms with Gasteiger partial charge in [-0.2, -0.15) is 0 Å². The van der Waals surface area contributed by atoms with Crippen molar-refractivity contribution in [3.05, 3.63) is 51.8 Å². The zero-order valence-corrected chi connectivity index (χ0v) is 21.8. The fraction of sp³-hybridized carbons (Fsp3) is 0.435. The van der Waals surface area contributed by atoms with E-state index in [1.165, 1.54) is 12.3 Å². The number of aliphatic imine (C=N–C) groups is 1. The first-order valence-corrected chi connectivity index (χ1v) is 12.9. The number of nitrogens with one attached hydrogen (secondary N) is 1. The quantitative estimate of drug-likeness (QED) is 0.601. The summed E-state index contributed by atoms with van der Waals surface area (Å²) < 4.78 is 32.4. The van der Waals surface area contributed by atoms with Gasteiger partial charge < -0.3 is 15.8 Å². The van der Waals surface area contributed by atoms with Crippen molar-refractivity contribution in [1.82, 2.24) is 4.98 Å². The average molecular weight is 525 g/mol. The van der Waals surface area contributed by atoms with Crippen molar-refractivity contribution < 1.29 is 17.9 Å². The van der Waals surface area contributed by atoms with Gasteiger partial charge >= 0.3 is 0 Å². The van der Waals surface area contributed by atoms with Gasteiger partial charge in [-0.25, -0.2) is 13.4 Å². The highest BCUT2D eigenvalue weighted by atomic mass is 35.5. The zero-order valence-electron chi connectivity index (χ0n) is 19.4. The Balaban J connectivity index is 1.84. The molecule has 2 aliphatic rings. The number of sulfone groups is 1. The van der Waals surface area contributed by atoms with Crippen LogP contribution in [0.15, 0.2) is 35.5 Å². The maximum absolute atomic E-state index is 13.7. The normalized spacial score (nSPS) is 26.2. The molecular weight excluding hydrogens is 499 g/mol. The molecule has 0 saturated carbocycles. The van der Waals surface area contributed by atoms with E-state index in [0.29, 0.717) is 22.0 Å². The van der Waals surface area contributed by atoms with Crippen LogP contribution in [0.1, 0.15) is 57.1 Å². The minimum atomic E-state index is -3.76. The van der Waals surface area contributed by atoms with Crippen LogP contribution in [-0.4, -0.2) is 40.7 Å². The van der Waals surface area contributed by atoms with Crippen LogP contribution in [0.2, 0.25) is 10.0 Å². The molecule has 4 rings (SSSR count). The van der Waals surface area contributed by atoms with Crippen molar-refractivity contribution in [3.63, 3.8) is 0 Å². The van der Waals surface area contributed by atoms with Gasteiger partial charge in [0.1, 0.15) is 33.2 Å². The van der Waals surface area contributed by atoms with Crippen LogP contribution in [0, 0.1) is 0 Å². The first-order chi connectivity index (χ1) is 15.6. The Bertz CT molecular complexity index is 1340. The molecule has 0 radical (unpaired) electrons. The topological polar surface area (TPSA) is 124 Å². The number of ether oxygens (including phenoxy) is 1. The zero-order chi connectivity index (χ0) is 25.3. The third-order valence-electron chi connectivity index (χ3n) is 6.55. The van der Waals surface area contributed by atoms with Gasteiger partial charge in [0.2, 0.25) is 0 Å². The van der Waals surface area contributed by atoms with Gasteiger partial charge in [-0.05, 0) is 58.9 Å². The smallest absolute Gasteiger partial charge is 0.275 e. The molecule has 34 heavy (non-hydrogen) atoms. The highest BCUT2D eigenvalue weighted by Crippen LogP contribution is 2.51. The van der Waals surface area contributed by atoms with Crippen molar-refractivity contribution in [2.75, 3.05) is 5.32 Å². The molecule has 2 atom stereocenters. The fourth-order valence-electron chi connectivity index (χ4n) is 4.45. The monoisotopic (exact) mass is 524 g/mol. The first kappa shape index (κ1) is 24.8. The number of amides is 1. The molecule has 3 N–H and O–H groups in total. The number of carbonyl (C=O) groups is 1. The summed E-state index contributed by atoms with van der Waals surface area (Å²) >= 11 is 12.0. The molecule has 0 fully saturated rings. The van der Waals surface area contributed by atoms with Crippen LogP contribution in [-0.2, 0) is 15.4 Å². The SMILES string of the molecule is CC1(C)C[C@@H]2[C@](C)(N=C(N)C(C)(C)S2(=O)=O)c2cc(NC(=O)c3ncc(Cl)cc3Cl)ccc2O1. The van der Waals surface area contributed by atoms with Crippen LogP contribution >= 0.6 is 23.2 Å². The largest absolute Gasteiger partial charge is 0.487 e. The standard InChI is InChI=1S/C23H26Cl2N4O4S/c1-21(2)10-17-23(5,29-20(26)22(3,4)34(17,31)32)14-9-13(6-7-16(14)33-21)28-19(30)18-15(25)8-12(24)11-27-18/h6-9,11,17H,10H2,1-5H3,(H2,26,29)(H,28,30)/t17-,23-/m1/s1. The van der Waals surface area contributed by atoms with Crippen molar-refractivity contribution in [2.45, 2.75) is 62.2 Å². The molecule has 2 aliphatic heterocycles. The Morgan fingerprint density at radius 2 is 1.85 bits per heavy atom. The molecule has 1 aromatic carbocycles. The summed E-state index contributed by atoms with van der Waals surface area (Å²) in [7, 11) is -3.76. The fourth-order valence-corrected chi connectivity index (χ4v) is 7.37. The second kappa shape index (κ2) is 7.83. The number of benzene rings is 1. The van der Waals surface area contributed by atoms with E-state index in [4.69, 9.17) is 38.7 Å². The number of nitrogens with zero attached hydrogens (tertiary/aromatic N) is 2. The number of nitrogens with two attached hydrogens (primary N) is 1. The Kier molecular flexibility index (Phi) is 5.70. The van der Waals surface area contributed by atoms with Gasteiger partial charge in [-0.3, -0.25) is 9.79 Å². The predicted molar refractivity (Wildman–Crippen MR) is 134 cm³/mol. The van der Waals surface area contributed by atoms with Gasteiger partial charge in [0.05, 0.1) is 15.3 Å². The molecule has 1 amide bonds. The van der Waals surface area contributed by atoms with Gasteiger partial charge in [0.15, 0.2) is 9.84 Å². The molecule has 0 unspecified atom stereocenters. The van der Waals surface area contributed by atoms with Crippen molar-refractivity contribution in [3.8, 4) is 5.75 Å². The number of hydrogen-bond acceptors (Lipinski definition) is 7. The minimum absolute atomic E-state index is 0.00624. The molecule has 0 aliphatic carbocycles. The third-order valence-corrected chi connectivity index (χ3v) is 10.1. The van der Waals surface area contributed by atoms with Gasteiger partial charge in [0.25, 0.3) is 5.91 Å². The lowest BCUT2D eigenvalue weighted by Crippen LogP contribution is -2.60. The molecule has 8 nitrogen and oxygen atoms in total. The number of rotatable bonds is 2. The molecule has 182 valence electrons. The van der Waals surface area contributed by atoms with Crippen molar-refractivity contribution in [1.29, 1.82) is 0 Å². The molecule has 3 heterocycles. The van der Waals surface area contributed by atoms with E-state index >= 15 is 0 Å². The average Bonchev–Trinajstić information content (AvgIpc) is 2.79. The van der Waals surface area contributed by atoms with Crippen LogP contribution in [0.3, 0.4) is 0 Å². The van der Waals surface area contributed by atoms with Crippen LogP contribution in [0.25, 0.3) is 0 Å². The molecular formula is C23H26Cl2N4O4S. The van der Waals surface area contributed by atoms with E-state index in [1.807, 2.05) is 13.8 Å². The highest BCUT2D eigenvalue weighted by Gasteiger charge is 2.59. The Morgan fingerprint density at radius 3 is 2.50 bits per heavy atom. The number of pyridine rings is 1. The van der Waals surface area contributed by atoms with Gasteiger partial charge in [-0.1, -0.05) is 23.2 Å². The number of halogens is 2. The number of hydrogen-bond donors (Lipinski definition) is 2. The maximum Gasteiger partial charge on any atom is 0.275 e. The van der Waals surface area contributed by atoms with Gasteiger partial charge in [-0.15, -0.1) is 0 Å². The summed E-state index contributed by atoms with van der Waals surface area (Å²) in [6, 6.07) is 6.44. The predicted octanol–water partition coefficient (Wildman–Crippen LogP) is 4.35. The van der Waals surface area contributed by atoms with Crippen LogP contribution < -0.4 is 15.8 Å². The number of aromatic nitrogens is 1. The minimum Gasteiger partial charge on any atom is -0.487 e. The Labute approximate surface area is 208 Å². The molecule has 0 spiro atoms. The third kappa shape index (κ3) is 3.83. The van der Waals surface area contributed by atoms with E-state index in [2.05, 4.69) is 10.3 Å². The van der Waals surface area contributed by atoms with Crippen LogP contribution in [0.5, 0.6) is 5.75 Å². The lowest BCUT2D eigenvalue weighted by molar-refractivity contribution is 0.101. The molecule has 0 bridgehead atoms. The molecule has 2 aromatic rings. The number of anilines is 1. The maximum atomic E-state index is 13.7. The molecule has 1 aromatic heterocycles. The van der Waals surface area contributed by atoms with E-state index < -0.39 is 36.9 Å². The van der Waals surface area contributed by atoms with Gasteiger partial charge in [0, 0.05) is 23.9 Å². The number of amidine groups is 1. The van der Waals surface area contributed by atoms with E-state index in [9.17, 15) is 13.2 Å². The Hall–Kier alpha value is -2.36. The summed E-state index contributed by atoms with van der Waals surface area (Å²) in [4.78, 5) is 21.5. The first-order valence-electron chi connectivity index (χ1n) is 10.6. The lowest BCUT2D eigenvalue weighted by atomic mass is 9.84. The van der Waals surface area contributed by atoms with E-state index in [-0.39, 0.29) is 23.0 Å². The van der Waals surface area contributed by atoms with Crippen molar-refractivity contribution in [2.24, 2.45) is 10.7 Å². The lowest BCUT2D eigenvalue weighted by Gasteiger charge is -2.44. The van der Waals surface area contributed by atoms with Crippen molar-refractivity contribution >= 4 is 50.5 Å². The highest BCUT2D eigenvalue weighted by molar-refractivity contribution is 7.94. The summed E-state index contributed by atoms with van der Waals surface area (Å²) in [6.45, 7) is 8.57. The van der Waals surface area contributed by atoms with E-state index in [0.717, 1.165) is 0 Å². The summed E-state index contributed by atoms with van der Waals surface area (Å²) in [5, 5.41) is 2.28. The summed E-state index contributed by atoms with van der Waals surface area (Å²) in [5.41, 5.74) is 5.12. The molecule has 11 heteroatoms. The Morgan fingerprint density at radius 1 is 1.18 bits per heavy atom.